The highest BCUT2D eigenvalue weighted by Crippen LogP contribution is 2.53. The molecule has 0 radical (unpaired) electrons. The highest BCUT2D eigenvalue weighted by atomic mass is 28.4. The summed E-state index contributed by atoms with van der Waals surface area (Å²) in [5.41, 5.74) is 0.200. The predicted molar refractivity (Wildman–Crippen MR) is 87.4 cm³/mol. The molecule has 2 aliphatic rings. The van der Waals surface area contributed by atoms with E-state index in [-0.39, 0.29) is 16.6 Å². The van der Waals surface area contributed by atoms with Gasteiger partial charge in [-0.2, -0.15) is 0 Å². The van der Waals surface area contributed by atoms with Crippen LogP contribution >= 0.6 is 0 Å². The van der Waals surface area contributed by atoms with Gasteiger partial charge in [0, 0.05) is 0 Å². The molecule has 0 aromatic rings. The summed E-state index contributed by atoms with van der Waals surface area (Å²) < 4.78 is 6.79. The lowest BCUT2D eigenvalue weighted by Gasteiger charge is -2.54. The van der Waals surface area contributed by atoms with Crippen molar-refractivity contribution in [3.05, 3.63) is 0 Å². The maximum atomic E-state index is 10.1. The highest BCUT2D eigenvalue weighted by molar-refractivity contribution is 6.74. The third-order valence-corrected chi connectivity index (χ3v) is 10.9. The molecule has 2 fully saturated rings. The fourth-order valence-corrected chi connectivity index (χ4v) is 5.43. The number of fused-ring (bicyclic) bond motifs is 1. The van der Waals surface area contributed by atoms with Gasteiger partial charge in [-0.25, -0.2) is 0 Å². The largest absolute Gasteiger partial charge is 0.413 e. The molecule has 0 unspecified atom stereocenters. The van der Waals surface area contributed by atoms with Crippen molar-refractivity contribution in [2.45, 2.75) is 96.6 Å². The minimum absolute atomic E-state index is 0.111. The molecule has 20 heavy (non-hydrogen) atoms. The summed E-state index contributed by atoms with van der Waals surface area (Å²) in [6.45, 7) is 14.1. The smallest absolute Gasteiger partial charge is 0.192 e. The van der Waals surface area contributed by atoms with Gasteiger partial charge in [0.05, 0.1) is 12.2 Å². The summed E-state index contributed by atoms with van der Waals surface area (Å²) in [4.78, 5) is 0. The Balaban J connectivity index is 2.18. The molecule has 0 spiro atoms. The van der Waals surface area contributed by atoms with E-state index in [9.17, 15) is 5.11 Å². The SMILES string of the molecule is CC(C)(C)[Si](C)(C)O[C@@H]1CCC[C@@H]2CC[C@H](O)C[C@]21C. The Morgan fingerprint density at radius 1 is 1.10 bits per heavy atom. The number of hydrogen-bond donors (Lipinski definition) is 1. The maximum absolute atomic E-state index is 10.1. The van der Waals surface area contributed by atoms with E-state index in [0.717, 1.165) is 18.8 Å². The molecule has 2 rings (SSSR count). The molecule has 118 valence electrons. The zero-order valence-electron chi connectivity index (χ0n) is 14.3. The Labute approximate surface area is 126 Å². The van der Waals surface area contributed by atoms with Gasteiger partial charge in [0.25, 0.3) is 0 Å². The van der Waals surface area contributed by atoms with E-state index in [2.05, 4.69) is 40.8 Å². The molecule has 0 bridgehead atoms. The van der Waals surface area contributed by atoms with E-state index in [1.54, 1.807) is 0 Å². The van der Waals surface area contributed by atoms with Gasteiger partial charge >= 0.3 is 0 Å². The molecule has 4 atom stereocenters. The van der Waals surface area contributed by atoms with Gasteiger partial charge in [-0.3, -0.25) is 0 Å². The fourth-order valence-electron chi connectivity index (χ4n) is 3.97. The van der Waals surface area contributed by atoms with E-state index in [0.29, 0.717) is 6.10 Å². The standard InChI is InChI=1S/C17H34O2Si/c1-16(2,3)20(5,6)19-15-9-7-8-13-10-11-14(18)12-17(13,15)4/h13-15,18H,7-12H2,1-6H3/t13-,14+,15-,17-/m1/s1. The zero-order chi connectivity index (χ0) is 15.2. The first-order valence-electron chi connectivity index (χ1n) is 8.42. The van der Waals surface area contributed by atoms with Gasteiger partial charge in [-0.15, -0.1) is 0 Å². The van der Waals surface area contributed by atoms with Crippen LogP contribution in [-0.4, -0.2) is 25.6 Å². The summed E-state index contributed by atoms with van der Waals surface area (Å²) in [6.07, 6.45) is 7.19. The van der Waals surface area contributed by atoms with Crippen LogP contribution in [0.3, 0.4) is 0 Å². The van der Waals surface area contributed by atoms with E-state index in [1.807, 2.05) is 0 Å². The van der Waals surface area contributed by atoms with Crippen LogP contribution in [0, 0.1) is 11.3 Å². The lowest BCUT2D eigenvalue weighted by molar-refractivity contribution is -0.0910. The lowest BCUT2D eigenvalue weighted by atomic mass is 9.58. The summed E-state index contributed by atoms with van der Waals surface area (Å²) >= 11 is 0. The fraction of sp³-hybridized carbons (Fsp3) is 1.00. The molecular formula is C17H34O2Si. The first-order valence-corrected chi connectivity index (χ1v) is 11.3. The van der Waals surface area contributed by atoms with Crippen LogP contribution in [0.25, 0.3) is 0 Å². The minimum Gasteiger partial charge on any atom is -0.413 e. The molecule has 0 aromatic heterocycles. The van der Waals surface area contributed by atoms with Crippen molar-refractivity contribution in [2.75, 3.05) is 0 Å². The summed E-state index contributed by atoms with van der Waals surface area (Å²) in [5, 5.41) is 10.4. The van der Waals surface area contributed by atoms with Crippen molar-refractivity contribution in [1.82, 2.24) is 0 Å². The molecule has 0 heterocycles. The summed E-state index contributed by atoms with van der Waals surface area (Å²) in [5.74, 6) is 0.759. The second-order valence-corrected chi connectivity index (χ2v) is 13.7. The van der Waals surface area contributed by atoms with Crippen molar-refractivity contribution < 1.29 is 9.53 Å². The molecule has 2 nitrogen and oxygen atoms in total. The van der Waals surface area contributed by atoms with Crippen LogP contribution in [-0.2, 0) is 4.43 Å². The maximum Gasteiger partial charge on any atom is 0.192 e. The molecule has 0 aromatic carbocycles. The van der Waals surface area contributed by atoms with Crippen LogP contribution in [0.2, 0.25) is 18.1 Å². The first kappa shape index (κ1) is 16.5. The quantitative estimate of drug-likeness (QED) is 0.747. The molecule has 0 saturated heterocycles. The molecule has 0 amide bonds. The monoisotopic (exact) mass is 298 g/mol. The number of aliphatic hydroxyl groups is 1. The van der Waals surface area contributed by atoms with Crippen LogP contribution in [0.15, 0.2) is 0 Å². The third kappa shape index (κ3) is 3.00. The van der Waals surface area contributed by atoms with Gasteiger partial charge < -0.3 is 9.53 Å². The van der Waals surface area contributed by atoms with Crippen molar-refractivity contribution >= 4 is 8.32 Å². The molecule has 0 aliphatic heterocycles. The van der Waals surface area contributed by atoms with Crippen LogP contribution in [0.1, 0.15) is 66.2 Å². The highest BCUT2D eigenvalue weighted by Gasteiger charge is 2.51. The van der Waals surface area contributed by atoms with Gasteiger partial charge in [0.1, 0.15) is 0 Å². The first-order chi connectivity index (χ1) is 9.06. The Bertz CT molecular complexity index is 347. The van der Waals surface area contributed by atoms with Crippen LogP contribution < -0.4 is 0 Å². The second-order valence-electron chi connectivity index (χ2n) is 8.94. The Morgan fingerprint density at radius 3 is 2.35 bits per heavy atom. The van der Waals surface area contributed by atoms with Crippen molar-refractivity contribution in [3.63, 3.8) is 0 Å². The van der Waals surface area contributed by atoms with Crippen LogP contribution in [0.4, 0.5) is 0 Å². The Hall–Kier alpha value is 0.137. The minimum atomic E-state index is -1.72. The third-order valence-electron chi connectivity index (χ3n) is 6.45. The second kappa shape index (κ2) is 5.40. The van der Waals surface area contributed by atoms with E-state index in [1.165, 1.54) is 25.7 Å². The summed E-state index contributed by atoms with van der Waals surface area (Å²) in [7, 11) is -1.72. The van der Waals surface area contributed by atoms with Crippen molar-refractivity contribution in [3.8, 4) is 0 Å². The number of aliphatic hydroxyl groups excluding tert-OH is 1. The van der Waals surface area contributed by atoms with Gasteiger partial charge in [0.2, 0.25) is 0 Å². The number of rotatable bonds is 2. The normalized spacial score (nSPS) is 39.5. The molecule has 1 N–H and O–H groups in total. The van der Waals surface area contributed by atoms with E-state index < -0.39 is 8.32 Å². The van der Waals surface area contributed by atoms with Gasteiger partial charge in [-0.1, -0.05) is 34.1 Å². The van der Waals surface area contributed by atoms with Crippen molar-refractivity contribution in [1.29, 1.82) is 0 Å². The van der Waals surface area contributed by atoms with Crippen molar-refractivity contribution in [2.24, 2.45) is 11.3 Å². The molecule has 2 aliphatic carbocycles. The van der Waals surface area contributed by atoms with E-state index in [4.69, 9.17) is 4.43 Å². The predicted octanol–water partition coefficient (Wildman–Crippen LogP) is 4.73. The molecule has 3 heteroatoms. The summed E-state index contributed by atoms with van der Waals surface area (Å²) in [6, 6.07) is 0. The van der Waals surface area contributed by atoms with E-state index >= 15 is 0 Å². The zero-order valence-corrected chi connectivity index (χ0v) is 15.3. The molecule has 2 saturated carbocycles. The topological polar surface area (TPSA) is 29.5 Å². The van der Waals surface area contributed by atoms with Gasteiger partial charge in [0.15, 0.2) is 8.32 Å². The van der Waals surface area contributed by atoms with Crippen LogP contribution in [0.5, 0.6) is 0 Å². The average Bonchev–Trinajstić information content (AvgIpc) is 2.28. The molecular weight excluding hydrogens is 264 g/mol. The lowest BCUT2D eigenvalue weighted by Crippen LogP contribution is -2.54. The number of hydrogen-bond acceptors (Lipinski definition) is 2. The van der Waals surface area contributed by atoms with Gasteiger partial charge in [-0.05, 0) is 61.6 Å². The Kier molecular flexibility index (Phi) is 4.46. The Morgan fingerprint density at radius 2 is 1.75 bits per heavy atom. The average molecular weight is 299 g/mol.